The second kappa shape index (κ2) is 8.47. The number of hydrogen-bond donors (Lipinski definition) is 1. The van der Waals surface area contributed by atoms with Gasteiger partial charge in [0.1, 0.15) is 0 Å². The third kappa shape index (κ3) is 5.22. The topological polar surface area (TPSA) is 49.4 Å². The van der Waals surface area contributed by atoms with Crippen molar-refractivity contribution >= 4 is 40.9 Å². The molecule has 0 bridgehead atoms. The average molecular weight is 483 g/mol. The van der Waals surface area contributed by atoms with E-state index in [1.165, 1.54) is 35.6 Å². The second-order valence-corrected chi connectivity index (χ2v) is 9.18. The van der Waals surface area contributed by atoms with E-state index in [0.29, 0.717) is 15.7 Å². The smallest absolute Gasteiger partial charge is 0.378 e. The Morgan fingerprint density at radius 1 is 1.19 bits per heavy atom. The lowest BCUT2D eigenvalue weighted by atomic mass is 10.1. The Kier molecular flexibility index (Phi) is 6.95. The maximum absolute atomic E-state index is 12.7. The molecule has 0 aliphatic rings. The van der Waals surface area contributed by atoms with Gasteiger partial charge in [-0.3, -0.25) is 0 Å². The molecular weight excluding hydrogens is 464 g/mol. The number of benzene rings is 2. The molecule has 2 aromatic rings. The average Bonchev–Trinajstić information content (AvgIpc) is 2.61. The first-order chi connectivity index (χ1) is 12.5. The van der Waals surface area contributed by atoms with Crippen LogP contribution in [-0.2, 0) is 16.2 Å². The van der Waals surface area contributed by atoms with Crippen LogP contribution in [0.25, 0.3) is 0 Å². The number of alkyl halides is 3. The van der Waals surface area contributed by atoms with E-state index in [-0.39, 0.29) is 17.2 Å². The van der Waals surface area contributed by atoms with Gasteiger partial charge in [-0.2, -0.15) is 17.5 Å². The zero-order valence-corrected chi connectivity index (χ0v) is 18.1. The number of sulfonamides is 1. The fourth-order valence-electron chi connectivity index (χ4n) is 2.33. The van der Waals surface area contributed by atoms with Crippen molar-refractivity contribution in [1.29, 1.82) is 0 Å². The molecule has 2 aromatic carbocycles. The monoisotopic (exact) mass is 482 g/mol. The first-order valence-corrected chi connectivity index (χ1v) is 10.9. The molecule has 0 spiro atoms. The van der Waals surface area contributed by atoms with Crippen molar-refractivity contribution in [2.45, 2.75) is 24.0 Å². The highest BCUT2D eigenvalue weighted by Gasteiger charge is 2.30. The van der Waals surface area contributed by atoms with Crippen molar-refractivity contribution in [2.24, 2.45) is 0 Å². The molecule has 10 heteroatoms. The van der Waals surface area contributed by atoms with Gasteiger partial charge in [-0.05, 0) is 58.7 Å². The summed E-state index contributed by atoms with van der Waals surface area (Å²) in [5, 5.41) is 3.17. The molecule has 2 atom stereocenters. The van der Waals surface area contributed by atoms with E-state index in [1.807, 2.05) is 6.92 Å². The molecule has 4 nitrogen and oxygen atoms in total. The number of nitrogens with zero attached hydrogens (tertiary/aromatic N) is 1. The number of nitrogens with one attached hydrogen (secondary N) is 1. The molecule has 0 heterocycles. The number of halogens is 4. The van der Waals surface area contributed by atoms with Gasteiger partial charge in [-0.25, -0.2) is 8.42 Å². The molecule has 0 saturated carbocycles. The van der Waals surface area contributed by atoms with Crippen LogP contribution in [0, 0.1) is 0 Å². The van der Waals surface area contributed by atoms with Crippen LogP contribution in [0.5, 0.6) is 0 Å². The van der Waals surface area contributed by atoms with Gasteiger partial charge < -0.3 is 5.32 Å². The van der Waals surface area contributed by atoms with Gasteiger partial charge in [0.25, 0.3) is 0 Å². The highest BCUT2D eigenvalue weighted by Crippen LogP contribution is 2.32. The van der Waals surface area contributed by atoms with Crippen molar-refractivity contribution in [3.05, 3.63) is 58.1 Å². The highest BCUT2D eigenvalue weighted by molar-refractivity contribution is 9.10. The van der Waals surface area contributed by atoms with Crippen molar-refractivity contribution in [3.63, 3.8) is 0 Å². The summed E-state index contributed by atoms with van der Waals surface area (Å²) in [4.78, 5) is 0.145. The minimum Gasteiger partial charge on any atom is -0.378 e. The van der Waals surface area contributed by atoms with E-state index in [2.05, 4.69) is 30.5 Å². The number of rotatable bonds is 6. The van der Waals surface area contributed by atoms with Crippen LogP contribution < -0.4 is 5.32 Å². The Bertz CT molecular complexity index is 905. The second-order valence-electron chi connectivity index (χ2n) is 5.91. The summed E-state index contributed by atoms with van der Waals surface area (Å²) < 4.78 is 64.5. The molecule has 1 N–H and O–H groups in total. The van der Waals surface area contributed by atoms with E-state index in [0.717, 1.165) is 12.1 Å². The van der Waals surface area contributed by atoms with Crippen LogP contribution >= 0.6 is 25.2 Å². The SMILES string of the molecule is C[C@H](Nc1ccc(S(=O)(=O)N(C)CP)cc1Br)c1ccc(C(F)(F)F)cc1. The fraction of sp³-hybridized carbons (Fsp3) is 0.294. The maximum atomic E-state index is 12.7. The standard InChI is InChI=1S/C17H19BrF3N2O2PS/c1-11(12-3-5-13(6-4-12)17(19,20)21)22-16-8-7-14(9-15(16)18)27(24,25)23(2)10-26/h3-9,11,22H,10,26H2,1-2H3/t11-/m0/s1. The van der Waals surface area contributed by atoms with Crippen LogP contribution in [0.1, 0.15) is 24.1 Å². The Balaban J connectivity index is 2.20. The van der Waals surface area contributed by atoms with E-state index in [9.17, 15) is 21.6 Å². The highest BCUT2D eigenvalue weighted by atomic mass is 79.9. The van der Waals surface area contributed by atoms with Gasteiger partial charge in [0.2, 0.25) is 10.0 Å². The normalized spacial score (nSPS) is 13.6. The summed E-state index contributed by atoms with van der Waals surface area (Å²) in [6.45, 7) is 1.81. The molecule has 0 saturated heterocycles. The molecule has 148 valence electrons. The molecule has 2 rings (SSSR count). The Labute approximate surface area is 167 Å². The Hall–Kier alpha value is -1.15. The van der Waals surface area contributed by atoms with E-state index < -0.39 is 21.8 Å². The molecule has 0 radical (unpaired) electrons. The molecule has 0 aliphatic heterocycles. The summed E-state index contributed by atoms with van der Waals surface area (Å²) in [5.74, 6) is 0. The Morgan fingerprint density at radius 2 is 1.78 bits per heavy atom. The molecule has 1 unspecified atom stereocenters. The predicted octanol–water partition coefficient (Wildman–Crippen LogP) is 5.09. The first kappa shape index (κ1) is 22.1. The van der Waals surface area contributed by atoms with Crippen LogP contribution in [0.15, 0.2) is 51.8 Å². The van der Waals surface area contributed by atoms with Crippen molar-refractivity contribution in [3.8, 4) is 0 Å². The van der Waals surface area contributed by atoms with Gasteiger partial charge in [0.15, 0.2) is 0 Å². The summed E-state index contributed by atoms with van der Waals surface area (Å²) in [5.41, 5.74) is 0.608. The van der Waals surface area contributed by atoms with Crippen molar-refractivity contribution in [2.75, 3.05) is 18.7 Å². The van der Waals surface area contributed by atoms with Crippen LogP contribution in [0.2, 0.25) is 0 Å². The minimum atomic E-state index is -4.37. The molecular formula is C17H19BrF3N2O2PS. The lowest BCUT2D eigenvalue weighted by molar-refractivity contribution is -0.137. The van der Waals surface area contributed by atoms with E-state index >= 15 is 0 Å². The van der Waals surface area contributed by atoms with Crippen molar-refractivity contribution in [1.82, 2.24) is 4.31 Å². The summed E-state index contributed by atoms with van der Waals surface area (Å²) in [7, 11) is 0.253. The lowest BCUT2D eigenvalue weighted by Crippen LogP contribution is -2.25. The van der Waals surface area contributed by atoms with Crippen LogP contribution in [0.4, 0.5) is 18.9 Å². The lowest BCUT2D eigenvalue weighted by Gasteiger charge is -2.19. The maximum Gasteiger partial charge on any atom is 0.416 e. The third-order valence-corrected chi connectivity index (χ3v) is 7.30. The van der Waals surface area contributed by atoms with Gasteiger partial charge in [-0.15, -0.1) is 9.24 Å². The first-order valence-electron chi connectivity index (χ1n) is 7.86. The molecule has 0 aromatic heterocycles. The largest absolute Gasteiger partial charge is 0.416 e. The molecule has 0 aliphatic carbocycles. The number of anilines is 1. The predicted molar refractivity (Wildman–Crippen MR) is 107 cm³/mol. The zero-order valence-electron chi connectivity index (χ0n) is 14.6. The summed E-state index contributed by atoms with van der Waals surface area (Å²) >= 11 is 3.35. The fourth-order valence-corrected chi connectivity index (χ4v) is 4.63. The summed E-state index contributed by atoms with van der Waals surface area (Å²) in [6.07, 6.45) is -4.10. The third-order valence-electron chi connectivity index (χ3n) is 4.02. The van der Waals surface area contributed by atoms with Gasteiger partial charge in [-0.1, -0.05) is 12.1 Å². The number of hydrogen-bond acceptors (Lipinski definition) is 3. The summed E-state index contributed by atoms with van der Waals surface area (Å²) in [6, 6.07) is 9.23. The Morgan fingerprint density at radius 3 is 2.26 bits per heavy atom. The van der Waals surface area contributed by atoms with Gasteiger partial charge >= 0.3 is 6.18 Å². The van der Waals surface area contributed by atoms with Crippen LogP contribution in [-0.4, -0.2) is 26.1 Å². The van der Waals surface area contributed by atoms with Crippen LogP contribution in [0.3, 0.4) is 0 Å². The molecule has 0 fully saturated rings. The molecule has 0 amide bonds. The van der Waals surface area contributed by atoms with Gasteiger partial charge in [0.05, 0.1) is 10.5 Å². The van der Waals surface area contributed by atoms with E-state index in [4.69, 9.17) is 0 Å². The minimum absolute atomic E-state index is 0.145. The molecule has 27 heavy (non-hydrogen) atoms. The van der Waals surface area contributed by atoms with Crippen molar-refractivity contribution < 1.29 is 21.6 Å². The quantitative estimate of drug-likeness (QED) is 0.583. The zero-order chi connectivity index (χ0) is 20.4. The van der Waals surface area contributed by atoms with E-state index in [1.54, 1.807) is 6.07 Å². The van der Waals surface area contributed by atoms with Gasteiger partial charge in [0, 0.05) is 29.5 Å².